The van der Waals surface area contributed by atoms with Crippen LogP contribution in [0.4, 0.5) is 5.69 Å². The average Bonchev–Trinajstić information content (AvgIpc) is 2.47. The molecule has 124 valence electrons. The van der Waals surface area contributed by atoms with Gasteiger partial charge in [-0.05, 0) is 38.5 Å². The highest BCUT2D eigenvalue weighted by Gasteiger charge is 2.09. The van der Waals surface area contributed by atoms with Gasteiger partial charge in [-0.25, -0.2) is 4.99 Å². The summed E-state index contributed by atoms with van der Waals surface area (Å²) >= 11 is 0. The van der Waals surface area contributed by atoms with E-state index in [-0.39, 0.29) is 24.0 Å². The molecular weight excluding hydrogens is 403 g/mol. The van der Waals surface area contributed by atoms with E-state index in [1.54, 1.807) is 13.3 Å². The minimum atomic E-state index is 0. The number of hydrogen-bond acceptors (Lipinski definition) is 3. The molecule has 0 radical (unpaired) electrons. The molecule has 0 bridgehead atoms. The van der Waals surface area contributed by atoms with Crippen molar-refractivity contribution in [2.24, 2.45) is 10.7 Å². The summed E-state index contributed by atoms with van der Waals surface area (Å²) in [6, 6.07) is 7.97. The van der Waals surface area contributed by atoms with Crippen molar-refractivity contribution in [1.29, 1.82) is 0 Å². The number of guanidine groups is 1. The second-order valence-electron chi connectivity index (χ2n) is 5.24. The number of aryl methyl sites for hydroxylation is 2. The fourth-order valence-electron chi connectivity index (χ4n) is 2.30. The molecule has 3 N–H and O–H groups in total. The molecule has 0 spiro atoms. The van der Waals surface area contributed by atoms with Crippen LogP contribution in [0.2, 0.25) is 0 Å². The summed E-state index contributed by atoms with van der Waals surface area (Å²) in [5.41, 5.74) is 10.9. The van der Waals surface area contributed by atoms with E-state index >= 15 is 0 Å². The van der Waals surface area contributed by atoms with Gasteiger partial charge in [-0.1, -0.05) is 12.1 Å². The normalized spacial score (nSPS) is 10.9. The molecule has 5 nitrogen and oxygen atoms in total. The van der Waals surface area contributed by atoms with Crippen molar-refractivity contribution >= 4 is 35.6 Å². The van der Waals surface area contributed by atoms with E-state index < -0.39 is 0 Å². The number of benzene rings is 1. The molecule has 23 heavy (non-hydrogen) atoms. The smallest absolute Gasteiger partial charge is 0.193 e. The lowest BCUT2D eigenvalue weighted by Gasteiger charge is -2.11. The van der Waals surface area contributed by atoms with Gasteiger partial charge in [0, 0.05) is 23.0 Å². The molecule has 0 saturated heterocycles. The Balaban J connectivity index is 0.00000264. The molecule has 0 aliphatic carbocycles. The van der Waals surface area contributed by atoms with Gasteiger partial charge in [0.25, 0.3) is 0 Å². The Morgan fingerprint density at radius 2 is 2.04 bits per heavy atom. The van der Waals surface area contributed by atoms with Gasteiger partial charge in [0.15, 0.2) is 5.96 Å². The molecule has 2 rings (SSSR count). The van der Waals surface area contributed by atoms with E-state index in [4.69, 9.17) is 10.5 Å². The first-order valence-corrected chi connectivity index (χ1v) is 7.14. The summed E-state index contributed by atoms with van der Waals surface area (Å²) in [5, 5.41) is 3.08. The number of nitrogens with two attached hydrogens (primary N) is 1. The number of rotatable bonds is 4. The largest absolute Gasteiger partial charge is 0.496 e. The number of nitrogens with one attached hydrogen (secondary N) is 1. The Kier molecular flexibility index (Phi) is 7.28. The number of aliphatic imine (C=N–C) groups is 1. The molecule has 0 aliphatic rings. The third-order valence-electron chi connectivity index (χ3n) is 3.44. The van der Waals surface area contributed by atoms with Crippen LogP contribution in [0.3, 0.4) is 0 Å². The van der Waals surface area contributed by atoms with E-state index in [1.807, 2.05) is 45.0 Å². The summed E-state index contributed by atoms with van der Waals surface area (Å²) in [5.74, 6) is 1.22. The van der Waals surface area contributed by atoms with Crippen LogP contribution in [-0.4, -0.2) is 18.1 Å². The number of anilines is 1. The Morgan fingerprint density at radius 3 is 2.70 bits per heavy atom. The van der Waals surface area contributed by atoms with Crippen LogP contribution >= 0.6 is 24.0 Å². The average molecular weight is 426 g/mol. The predicted octanol–water partition coefficient (Wildman–Crippen LogP) is 3.56. The van der Waals surface area contributed by atoms with E-state index in [0.717, 1.165) is 28.3 Å². The van der Waals surface area contributed by atoms with Crippen LogP contribution in [0.15, 0.2) is 35.5 Å². The zero-order valence-corrected chi connectivity index (χ0v) is 16.2. The summed E-state index contributed by atoms with van der Waals surface area (Å²) in [6.07, 6.45) is 1.79. The van der Waals surface area contributed by atoms with Gasteiger partial charge in [-0.15, -0.1) is 24.0 Å². The molecule has 2 aromatic rings. The predicted molar refractivity (Wildman–Crippen MR) is 106 cm³/mol. The zero-order chi connectivity index (χ0) is 16.1. The fraction of sp³-hybridized carbons (Fsp3) is 0.294. The maximum atomic E-state index is 5.93. The summed E-state index contributed by atoms with van der Waals surface area (Å²) in [6.45, 7) is 6.39. The number of hydrogen-bond donors (Lipinski definition) is 2. The van der Waals surface area contributed by atoms with Crippen LogP contribution in [0, 0.1) is 20.8 Å². The van der Waals surface area contributed by atoms with Gasteiger partial charge < -0.3 is 15.8 Å². The molecule has 0 fully saturated rings. The van der Waals surface area contributed by atoms with Crippen LogP contribution in [0.5, 0.6) is 5.75 Å². The van der Waals surface area contributed by atoms with Crippen molar-refractivity contribution in [3.05, 3.63) is 52.8 Å². The maximum Gasteiger partial charge on any atom is 0.193 e. The highest BCUT2D eigenvalue weighted by Crippen LogP contribution is 2.24. The summed E-state index contributed by atoms with van der Waals surface area (Å²) in [4.78, 5) is 8.76. The van der Waals surface area contributed by atoms with Crippen LogP contribution in [-0.2, 0) is 6.54 Å². The first kappa shape index (κ1) is 19.2. The molecule has 1 aromatic heterocycles. The van der Waals surface area contributed by atoms with Crippen molar-refractivity contribution < 1.29 is 4.74 Å². The van der Waals surface area contributed by atoms with Gasteiger partial charge in [0.05, 0.1) is 19.3 Å². The lowest BCUT2D eigenvalue weighted by atomic mass is 10.1. The second-order valence-corrected chi connectivity index (χ2v) is 5.24. The molecule has 0 atom stereocenters. The topological polar surface area (TPSA) is 72.5 Å². The highest BCUT2D eigenvalue weighted by atomic mass is 127. The van der Waals surface area contributed by atoms with Gasteiger partial charge in [-0.2, -0.15) is 0 Å². The fourth-order valence-corrected chi connectivity index (χ4v) is 2.30. The number of aromatic nitrogens is 1. The molecule has 0 saturated carbocycles. The zero-order valence-electron chi connectivity index (χ0n) is 13.9. The molecule has 6 heteroatoms. The number of halogens is 1. The van der Waals surface area contributed by atoms with Crippen molar-refractivity contribution in [1.82, 2.24) is 4.98 Å². The Bertz CT molecular complexity index is 701. The van der Waals surface area contributed by atoms with Crippen LogP contribution < -0.4 is 15.8 Å². The van der Waals surface area contributed by atoms with Gasteiger partial charge in [0.2, 0.25) is 0 Å². The third kappa shape index (κ3) is 5.09. The molecular formula is C17H23IN4O. The van der Waals surface area contributed by atoms with E-state index in [1.165, 1.54) is 5.56 Å². The molecule has 1 aromatic carbocycles. The van der Waals surface area contributed by atoms with Crippen molar-refractivity contribution in [2.75, 3.05) is 12.4 Å². The maximum absolute atomic E-state index is 5.93. The van der Waals surface area contributed by atoms with Gasteiger partial charge >= 0.3 is 0 Å². The minimum Gasteiger partial charge on any atom is -0.496 e. The van der Waals surface area contributed by atoms with E-state index in [2.05, 4.69) is 15.3 Å². The van der Waals surface area contributed by atoms with E-state index in [0.29, 0.717) is 12.5 Å². The molecule has 0 amide bonds. The summed E-state index contributed by atoms with van der Waals surface area (Å²) < 4.78 is 5.40. The molecule has 0 aliphatic heterocycles. The Labute approximate surface area is 154 Å². The monoisotopic (exact) mass is 426 g/mol. The van der Waals surface area contributed by atoms with Crippen LogP contribution in [0.25, 0.3) is 0 Å². The number of nitrogens with zero attached hydrogens (tertiary/aromatic N) is 2. The quantitative estimate of drug-likeness (QED) is 0.446. The number of ether oxygens (including phenoxy) is 1. The van der Waals surface area contributed by atoms with Gasteiger partial charge in [0.1, 0.15) is 5.75 Å². The van der Waals surface area contributed by atoms with Crippen LogP contribution in [0.1, 0.15) is 22.4 Å². The first-order chi connectivity index (χ1) is 10.5. The van der Waals surface area contributed by atoms with Crippen molar-refractivity contribution in [3.8, 4) is 5.75 Å². The lowest BCUT2D eigenvalue weighted by Crippen LogP contribution is -2.22. The Hall–Kier alpha value is -1.83. The van der Waals surface area contributed by atoms with Crippen molar-refractivity contribution in [2.45, 2.75) is 27.3 Å². The first-order valence-electron chi connectivity index (χ1n) is 7.14. The molecule has 0 unspecified atom stereocenters. The second kappa shape index (κ2) is 8.71. The highest BCUT2D eigenvalue weighted by molar-refractivity contribution is 14.0. The SMILES string of the molecule is COc1c(C)cnc(CN=C(N)Nc2cccc(C)c2)c1C.I. The van der Waals surface area contributed by atoms with Crippen molar-refractivity contribution in [3.63, 3.8) is 0 Å². The number of pyridine rings is 1. The summed E-state index contributed by atoms with van der Waals surface area (Å²) in [7, 11) is 1.66. The van der Waals surface area contributed by atoms with E-state index in [9.17, 15) is 0 Å². The lowest BCUT2D eigenvalue weighted by molar-refractivity contribution is 0.407. The standard InChI is InChI=1S/C17H22N4O.HI/c1-11-6-5-7-14(8-11)21-17(18)20-10-15-13(3)16(22-4)12(2)9-19-15;/h5-9H,10H2,1-4H3,(H3,18,20,21);1H. The third-order valence-corrected chi connectivity index (χ3v) is 3.44. The minimum absolute atomic E-state index is 0. The molecule has 1 heterocycles. The number of methoxy groups -OCH3 is 1. The Morgan fingerprint density at radius 1 is 1.30 bits per heavy atom. The van der Waals surface area contributed by atoms with Gasteiger partial charge in [-0.3, -0.25) is 4.98 Å².